The van der Waals surface area contributed by atoms with Gasteiger partial charge in [0.15, 0.2) is 23.2 Å². The minimum Gasteiger partial charge on any atom is -0.456 e. The second kappa shape index (κ2) is 13.3. The molecule has 60 heavy (non-hydrogen) atoms. The number of rotatable bonds is 5. The molecule has 12 aromatic rings. The largest absolute Gasteiger partial charge is 0.456 e. The van der Waals surface area contributed by atoms with E-state index in [1.807, 2.05) is 36.4 Å². The molecular formula is C54H31N5O. The van der Waals surface area contributed by atoms with Crippen LogP contribution in [-0.4, -0.2) is 19.5 Å². The molecule has 0 amide bonds. The molecule has 0 aliphatic carbocycles. The third-order valence-electron chi connectivity index (χ3n) is 11.6. The molecule has 0 aliphatic heterocycles. The van der Waals surface area contributed by atoms with Crippen LogP contribution in [0.15, 0.2) is 192 Å². The van der Waals surface area contributed by atoms with Gasteiger partial charge in [0.25, 0.3) is 0 Å². The molecule has 0 saturated carbocycles. The molecule has 3 heterocycles. The molecule has 0 atom stereocenters. The summed E-state index contributed by atoms with van der Waals surface area (Å²) in [6.07, 6.45) is 0. The predicted octanol–water partition coefficient (Wildman–Crippen LogP) is 14.4. The fourth-order valence-electron chi connectivity index (χ4n) is 8.62. The molecule has 278 valence electrons. The summed E-state index contributed by atoms with van der Waals surface area (Å²) in [5, 5.41) is 8.86. The Balaban J connectivity index is 0.965. The maximum atomic E-state index is 7.80. The third-order valence-corrected chi connectivity index (χ3v) is 11.6. The summed E-state index contributed by atoms with van der Waals surface area (Å²) in [5.41, 5.74) is 10.4. The summed E-state index contributed by atoms with van der Waals surface area (Å²) in [6, 6.07) is 64.9. The fourth-order valence-corrected chi connectivity index (χ4v) is 8.62. The summed E-state index contributed by atoms with van der Waals surface area (Å²) in [4.78, 5) is 19.0. The van der Waals surface area contributed by atoms with Crippen molar-refractivity contribution in [1.29, 1.82) is 0 Å². The monoisotopic (exact) mass is 765 g/mol. The number of aromatic nitrogens is 4. The van der Waals surface area contributed by atoms with E-state index in [1.54, 1.807) is 0 Å². The van der Waals surface area contributed by atoms with Gasteiger partial charge in [-0.3, -0.25) is 0 Å². The lowest BCUT2D eigenvalue weighted by Crippen LogP contribution is -2.00. The van der Waals surface area contributed by atoms with E-state index in [-0.39, 0.29) is 0 Å². The number of benzene rings is 9. The molecule has 0 aliphatic rings. The highest BCUT2D eigenvalue weighted by atomic mass is 16.3. The standard InChI is InChI=1S/C54H31N5O/c1-55-42-23-26-49-46(31-42)45-30-39(22-25-48(45)59(49)43-24-27-51-47(32-43)44-12-6-7-13-50(44)60-51)35-14-18-36(19-15-35)52-56-53(40-20-16-33-8-2-4-10-37(33)28-40)58-54(57-52)41-21-17-34-9-3-5-11-38(34)29-41/h2-32H. The first-order valence-corrected chi connectivity index (χ1v) is 19.9. The molecule has 0 fully saturated rings. The van der Waals surface area contributed by atoms with Crippen molar-refractivity contribution in [2.75, 3.05) is 0 Å². The maximum absolute atomic E-state index is 7.80. The SMILES string of the molecule is [C-]#[N+]c1ccc2c(c1)c1cc(-c3ccc(-c4nc(-c5ccc6ccccc6c5)nc(-c5ccc6ccccc6c5)n4)cc3)ccc1n2-c1ccc2oc3ccccc3c2c1. The van der Waals surface area contributed by atoms with Gasteiger partial charge in [-0.15, -0.1) is 0 Å². The van der Waals surface area contributed by atoms with Crippen LogP contribution in [0.25, 0.3) is 121 Å². The Labute approximate surface area is 344 Å². The predicted molar refractivity (Wildman–Crippen MR) is 244 cm³/mol. The number of para-hydroxylation sites is 1. The normalized spacial score (nSPS) is 11.7. The minimum absolute atomic E-state index is 0.607. The zero-order valence-corrected chi connectivity index (χ0v) is 32.0. The number of nitrogens with zero attached hydrogens (tertiary/aromatic N) is 5. The van der Waals surface area contributed by atoms with Crippen LogP contribution in [0.2, 0.25) is 0 Å². The Bertz CT molecular complexity index is 3640. The molecule has 0 spiro atoms. The van der Waals surface area contributed by atoms with Crippen molar-refractivity contribution < 1.29 is 4.42 Å². The van der Waals surface area contributed by atoms with Crippen LogP contribution >= 0.6 is 0 Å². The van der Waals surface area contributed by atoms with Crippen molar-refractivity contribution in [3.05, 3.63) is 199 Å². The van der Waals surface area contributed by atoms with E-state index in [0.717, 1.165) is 88.0 Å². The highest BCUT2D eigenvalue weighted by Crippen LogP contribution is 2.39. The zero-order chi connectivity index (χ0) is 39.7. The smallest absolute Gasteiger partial charge is 0.188 e. The van der Waals surface area contributed by atoms with Crippen molar-refractivity contribution in [2.24, 2.45) is 0 Å². The van der Waals surface area contributed by atoms with E-state index in [1.165, 1.54) is 10.8 Å². The summed E-state index contributed by atoms with van der Waals surface area (Å²) in [5.74, 6) is 1.85. The Morgan fingerprint density at radius 3 is 1.60 bits per heavy atom. The molecule has 6 heteroatoms. The van der Waals surface area contributed by atoms with E-state index >= 15 is 0 Å². The van der Waals surface area contributed by atoms with Crippen LogP contribution in [0.4, 0.5) is 5.69 Å². The summed E-state index contributed by atoms with van der Waals surface area (Å²) < 4.78 is 8.44. The van der Waals surface area contributed by atoms with Crippen molar-refractivity contribution in [2.45, 2.75) is 0 Å². The molecule has 0 radical (unpaired) electrons. The topological polar surface area (TPSA) is 61.1 Å². The lowest BCUT2D eigenvalue weighted by atomic mass is 10.0. The Morgan fingerprint density at radius 1 is 0.383 bits per heavy atom. The van der Waals surface area contributed by atoms with Crippen molar-refractivity contribution in [1.82, 2.24) is 19.5 Å². The van der Waals surface area contributed by atoms with Gasteiger partial charge in [-0.1, -0.05) is 127 Å². The summed E-state index contributed by atoms with van der Waals surface area (Å²) >= 11 is 0. The minimum atomic E-state index is 0.607. The number of fused-ring (bicyclic) bond motifs is 8. The van der Waals surface area contributed by atoms with Gasteiger partial charge in [-0.05, 0) is 98.7 Å². The number of hydrogen-bond acceptors (Lipinski definition) is 4. The molecule has 6 nitrogen and oxygen atoms in total. The van der Waals surface area contributed by atoms with Gasteiger partial charge in [-0.2, -0.15) is 0 Å². The van der Waals surface area contributed by atoms with Crippen LogP contribution in [0, 0.1) is 6.57 Å². The molecule has 0 unspecified atom stereocenters. The Morgan fingerprint density at radius 2 is 0.917 bits per heavy atom. The molecule has 12 rings (SSSR count). The second-order valence-electron chi connectivity index (χ2n) is 15.2. The fraction of sp³-hybridized carbons (Fsp3) is 0. The quantitative estimate of drug-likeness (QED) is 0.164. The first-order chi connectivity index (χ1) is 29.6. The van der Waals surface area contributed by atoms with Crippen LogP contribution in [0.1, 0.15) is 0 Å². The molecule has 0 saturated heterocycles. The highest BCUT2D eigenvalue weighted by molar-refractivity contribution is 6.12. The van der Waals surface area contributed by atoms with E-state index < -0.39 is 0 Å². The molecular weight excluding hydrogens is 735 g/mol. The van der Waals surface area contributed by atoms with Crippen LogP contribution < -0.4 is 0 Å². The molecule has 9 aromatic carbocycles. The van der Waals surface area contributed by atoms with E-state index in [0.29, 0.717) is 23.2 Å². The molecule has 3 aromatic heterocycles. The third kappa shape index (κ3) is 5.53. The molecule has 0 N–H and O–H groups in total. The Hall–Kier alpha value is -8.40. The van der Waals surface area contributed by atoms with E-state index in [2.05, 4.69) is 161 Å². The van der Waals surface area contributed by atoms with Crippen molar-refractivity contribution >= 4 is 71.0 Å². The van der Waals surface area contributed by atoms with Crippen LogP contribution in [-0.2, 0) is 0 Å². The first-order valence-electron chi connectivity index (χ1n) is 19.9. The average Bonchev–Trinajstić information content (AvgIpc) is 3.85. The zero-order valence-electron chi connectivity index (χ0n) is 32.0. The van der Waals surface area contributed by atoms with E-state index in [9.17, 15) is 0 Å². The summed E-state index contributed by atoms with van der Waals surface area (Å²) in [7, 11) is 0. The average molecular weight is 766 g/mol. The van der Waals surface area contributed by atoms with Gasteiger partial charge < -0.3 is 8.98 Å². The number of furan rings is 1. The van der Waals surface area contributed by atoms with Gasteiger partial charge in [0.05, 0.1) is 17.6 Å². The van der Waals surface area contributed by atoms with Gasteiger partial charge >= 0.3 is 0 Å². The van der Waals surface area contributed by atoms with Crippen molar-refractivity contribution in [3.63, 3.8) is 0 Å². The van der Waals surface area contributed by atoms with Gasteiger partial charge in [0.2, 0.25) is 0 Å². The van der Waals surface area contributed by atoms with Crippen molar-refractivity contribution in [3.8, 4) is 51.0 Å². The van der Waals surface area contributed by atoms with Gasteiger partial charge in [0.1, 0.15) is 11.2 Å². The lowest BCUT2D eigenvalue weighted by Gasteiger charge is -2.11. The van der Waals surface area contributed by atoms with Crippen LogP contribution in [0.5, 0.6) is 0 Å². The van der Waals surface area contributed by atoms with Gasteiger partial charge in [0, 0.05) is 38.5 Å². The summed E-state index contributed by atoms with van der Waals surface area (Å²) in [6.45, 7) is 7.80. The van der Waals surface area contributed by atoms with Crippen LogP contribution in [0.3, 0.4) is 0 Å². The van der Waals surface area contributed by atoms with E-state index in [4.69, 9.17) is 25.9 Å². The number of hydrogen-bond donors (Lipinski definition) is 0. The highest BCUT2D eigenvalue weighted by Gasteiger charge is 2.17. The lowest BCUT2D eigenvalue weighted by molar-refractivity contribution is 0.669. The molecule has 0 bridgehead atoms. The van der Waals surface area contributed by atoms with Gasteiger partial charge in [-0.25, -0.2) is 19.8 Å². The maximum Gasteiger partial charge on any atom is 0.188 e. The first kappa shape index (κ1) is 33.7. The second-order valence-corrected chi connectivity index (χ2v) is 15.2. The Kier molecular flexibility index (Phi) is 7.50.